The number of halogens is 2. The molecule has 0 aliphatic heterocycles. The monoisotopic (exact) mass is 379 g/mol. The Bertz CT molecular complexity index is 384. The molecule has 0 saturated heterocycles. The third kappa shape index (κ3) is 4.35. The van der Waals surface area contributed by atoms with Crippen molar-refractivity contribution in [1.29, 1.82) is 0 Å². The minimum Gasteiger partial charge on any atom is -0.308 e. The van der Waals surface area contributed by atoms with Crippen LogP contribution in [-0.2, 0) is 12.0 Å². The van der Waals surface area contributed by atoms with Gasteiger partial charge in [-0.25, -0.2) is 0 Å². The van der Waals surface area contributed by atoms with E-state index in [1.807, 2.05) is 6.20 Å². The van der Waals surface area contributed by atoms with E-state index in [1.165, 1.54) is 5.69 Å². The fourth-order valence-corrected chi connectivity index (χ4v) is 3.94. The maximum Gasteiger partial charge on any atom is 0.0635 e. The topological polar surface area (TPSA) is 21.1 Å². The Kier molecular flexibility index (Phi) is 5.87. The van der Waals surface area contributed by atoms with Crippen LogP contribution in [0.4, 0.5) is 0 Å². The predicted octanol–water partition coefficient (Wildman–Crippen LogP) is 3.66. The molecule has 3 nitrogen and oxygen atoms in total. The van der Waals surface area contributed by atoms with Crippen LogP contribution in [0.1, 0.15) is 32.9 Å². The molecule has 1 atom stereocenters. The van der Waals surface area contributed by atoms with Crippen LogP contribution in [0.15, 0.2) is 10.7 Å². The van der Waals surface area contributed by atoms with Gasteiger partial charge in [-0.2, -0.15) is 5.10 Å². The van der Waals surface area contributed by atoms with Crippen molar-refractivity contribution in [3.8, 4) is 0 Å². The standard InChI is InChI=1S/C13H23Br2N3/c1-10(14)8-13(2,3)12-11(15)9-16-18(12)7-6-17(4)5/h9-10H,6-8H2,1-5H3. The zero-order valence-electron chi connectivity index (χ0n) is 11.9. The van der Waals surface area contributed by atoms with E-state index in [0.29, 0.717) is 4.83 Å². The Morgan fingerprint density at radius 1 is 1.44 bits per heavy atom. The summed E-state index contributed by atoms with van der Waals surface area (Å²) >= 11 is 7.29. The summed E-state index contributed by atoms with van der Waals surface area (Å²) < 4.78 is 3.24. The molecule has 0 amide bonds. The average molecular weight is 381 g/mol. The van der Waals surface area contributed by atoms with Crippen LogP contribution in [0.3, 0.4) is 0 Å². The van der Waals surface area contributed by atoms with Gasteiger partial charge in [-0.3, -0.25) is 4.68 Å². The van der Waals surface area contributed by atoms with Gasteiger partial charge in [0.2, 0.25) is 0 Å². The van der Waals surface area contributed by atoms with Gasteiger partial charge in [-0.05, 0) is 36.4 Å². The molecule has 0 bridgehead atoms. The van der Waals surface area contributed by atoms with Gasteiger partial charge in [0.1, 0.15) is 0 Å². The Balaban J connectivity index is 2.95. The van der Waals surface area contributed by atoms with E-state index in [-0.39, 0.29) is 5.41 Å². The number of hydrogen-bond acceptors (Lipinski definition) is 2. The quantitative estimate of drug-likeness (QED) is 0.702. The van der Waals surface area contributed by atoms with Crippen molar-refractivity contribution >= 4 is 31.9 Å². The summed E-state index contributed by atoms with van der Waals surface area (Å²) in [7, 11) is 4.17. The van der Waals surface area contributed by atoms with Crippen molar-refractivity contribution in [1.82, 2.24) is 14.7 Å². The lowest BCUT2D eigenvalue weighted by molar-refractivity contribution is 0.352. The molecule has 104 valence electrons. The van der Waals surface area contributed by atoms with Gasteiger partial charge in [-0.1, -0.05) is 36.7 Å². The highest BCUT2D eigenvalue weighted by Crippen LogP contribution is 2.35. The molecule has 0 N–H and O–H groups in total. The van der Waals surface area contributed by atoms with Gasteiger partial charge >= 0.3 is 0 Å². The first-order valence-corrected chi connectivity index (χ1v) is 7.95. The number of alkyl halides is 1. The van der Waals surface area contributed by atoms with Crippen LogP contribution < -0.4 is 0 Å². The van der Waals surface area contributed by atoms with Crippen molar-refractivity contribution in [2.24, 2.45) is 0 Å². The molecule has 0 aliphatic carbocycles. The Hall–Kier alpha value is 0.130. The molecule has 5 heteroatoms. The van der Waals surface area contributed by atoms with E-state index in [4.69, 9.17) is 0 Å². The summed E-state index contributed by atoms with van der Waals surface area (Å²) in [6, 6.07) is 0. The second kappa shape index (κ2) is 6.53. The first kappa shape index (κ1) is 16.2. The third-order valence-electron chi connectivity index (χ3n) is 2.99. The maximum absolute atomic E-state index is 4.49. The van der Waals surface area contributed by atoms with Gasteiger partial charge in [0.15, 0.2) is 0 Å². The molecule has 1 heterocycles. The smallest absolute Gasteiger partial charge is 0.0635 e. The molecule has 0 saturated carbocycles. The lowest BCUT2D eigenvalue weighted by atomic mass is 9.84. The van der Waals surface area contributed by atoms with Crippen LogP contribution in [0.2, 0.25) is 0 Å². The van der Waals surface area contributed by atoms with Crippen molar-refractivity contribution in [3.63, 3.8) is 0 Å². The summed E-state index contributed by atoms with van der Waals surface area (Å²) in [5.41, 5.74) is 1.39. The van der Waals surface area contributed by atoms with Crippen molar-refractivity contribution in [2.75, 3.05) is 20.6 Å². The fourth-order valence-electron chi connectivity index (χ4n) is 2.30. The summed E-state index contributed by atoms with van der Waals surface area (Å²) in [4.78, 5) is 2.68. The van der Waals surface area contributed by atoms with Crippen molar-refractivity contribution in [2.45, 2.75) is 44.0 Å². The minimum absolute atomic E-state index is 0.102. The van der Waals surface area contributed by atoms with E-state index in [0.717, 1.165) is 24.0 Å². The zero-order valence-corrected chi connectivity index (χ0v) is 15.0. The highest BCUT2D eigenvalue weighted by molar-refractivity contribution is 9.10. The molecular formula is C13H23Br2N3. The van der Waals surface area contributed by atoms with Crippen molar-refractivity contribution < 1.29 is 0 Å². The van der Waals surface area contributed by atoms with Gasteiger partial charge < -0.3 is 4.90 Å². The van der Waals surface area contributed by atoms with E-state index >= 15 is 0 Å². The van der Waals surface area contributed by atoms with Crippen LogP contribution >= 0.6 is 31.9 Å². The molecule has 0 aromatic carbocycles. The van der Waals surface area contributed by atoms with Crippen LogP contribution in [-0.4, -0.2) is 40.1 Å². The summed E-state index contributed by atoms with van der Waals surface area (Å²) in [6.07, 6.45) is 2.99. The minimum atomic E-state index is 0.102. The van der Waals surface area contributed by atoms with E-state index in [1.54, 1.807) is 0 Å². The molecule has 1 rings (SSSR count). The molecule has 18 heavy (non-hydrogen) atoms. The van der Waals surface area contributed by atoms with E-state index < -0.39 is 0 Å². The first-order chi connectivity index (χ1) is 8.24. The largest absolute Gasteiger partial charge is 0.308 e. The molecule has 0 spiro atoms. The van der Waals surface area contributed by atoms with Crippen LogP contribution in [0.5, 0.6) is 0 Å². The Morgan fingerprint density at radius 2 is 2.06 bits per heavy atom. The third-order valence-corrected chi connectivity index (χ3v) is 3.89. The molecule has 0 fully saturated rings. The van der Waals surface area contributed by atoms with Gasteiger partial charge in [0.05, 0.1) is 22.9 Å². The zero-order chi connectivity index (χ0) is 13.9. The van der Waals surface area contributed by atoms with Gasteiger partial charge in [-0.15, -0.1) is 0 Å². The highest BCUT2D eigenvalue weighted by atomic mass is 79.9. The number of likely N-dealkylation sites (N-methyl/N-ethyl adjacent to an activating group) is 1. The van der Waals surface area contributed by atoms with E-state index in [2.05, 4.69) is 81.4 Å². The lowest BCUT2D eigenvalue weighted by Crippen LogP contribution is -2.28. The number of hydrogen-bond donors (Lipinski definition) is 0. The maximum atomic E-state index is 4.49. The van der Waals surface area contributed by atoms with Crippen molar-refractivity contribution in [3.05, 3.63) is 16.4 Å². The summed E-state index contributed by atoms with van der Waals surface area (Å²) in [5, 5.41) is 4.49. The molecule has 0 aliphatic rings. The fraction of sp³-hybridized carbons (Fsp3) is 0.769. The predicted molar refractivity (Wildman–Crippen MR) is 84.5 cm³/mol. The number of nitrogens with zero attached hydrogens (tertiary/aromatic N) is 3. The molecule has 1 aromatic heterocycles. The average Bonchev–Trinajstić information content (AvgIpc) is 2.55. The second-order valence-corrected chi connectivity index (χ2v) is 8.15. The van der Waals surface area contributed by atoms with E-state index in [9.17, 15) is 0 Å². The lowest BCUT2D eigenvalue weighted by Gasteiger charge is -2.28. The Labute approximate surface area is 127 Å². The van der Waals surface area contributed by atoms with Crippen LogP contribution in [0.25, 0.3) is 0 Å². The first-order valence-electron chi connectivity index (χ1n) is 6.24. The summed E-state index contributed by atoms with van der Waals surface area (Å²) in [5.74, 6) is 0. The molecule has 1 unspecified atom stereocenters. The van der Waals surface area contributed by atoms with Gasteiger partial charge in [0, 0.05) is 16.8 Å². The molecular weight excluding hydrogens is 358 g/mol. The number of aromatic nitrogens is 2. The van der Waals surface area contributed by atoms with Crippen LogP contribution in [0, 0.1) is 0 Å². The Morgan fingerprint density at radius 3 is 2.56 bits per heavy atom. The highest BCUT2D eigenvalue weighted by Gasteiger charge is 2.29. The SMILES string of the molecule is CC(Br)CC(C)(C)c1c(Br)cnn1CCN(C)C. The second-order valence-electron chi connectivity index (χ2n) is 5.74. The number of rotatable bonds is 6. The normalized spacial score (nSPS) is 14.2. The molecule has 0 radical (unpaired) electrons. The molecule has 1 aromatic rings. The van der Waals surface area contributed by atoms with Gasteiger partial charge in [0.25, 0.3) is 0 Å². The summed E-state index contributed by atoms with van der Waals surface area (Å²) in [6.45, 7) is 8.67.